The Balaban J connectivity index is 2.23. The highest BCUT2D eigenvalue weighted by molar-refractivity contribution is 5.94. The number of aliphatic hydroxyl groups excluding tert-OH is 1. The monoisotopic (exact) mass is 547 g/mol. The van der Waals surface area contributed by atoms with Crippen LogP contribution in [0.4, 0.5) is 0 Å². The molecule has 0 bridgehead atoms. The summed E-state index contributed by atoms with van der Waals surface area (Å²) in [4.78, 5) is 57.5. The fraction of sp³-hybridized carbons (Fsp3) is 0.480. The van der Waals surface area contributed by atoms with E-state index in [1.807, 2.05) is 0 Å². The number of phenolic OH excluding ortho intramolecular Hbond substituents is 1. The molecule has 0 spiro atoms. The number of unbranched alkanes of at least 4 members (excludes halogenated alkanes) is 1. The van der Waals surface area contributed by atoms with Crippen LogP contribution in [0.2, 0.25) is 0 Å². The third-order valence-corrected chi connectivity index (χ3v) is 6.00. The van der Waals surface area contributed by atoms with E-state index in [0.29, 0.717) is 30.6 Å². The first-order valence-electron chi connectivity index (χ1n) is 12.5. The smallest absolute Gasteiger partial charge is 0.326 e. The minimum absolute atomic E-state index is 0.0136. The molecule has 0 fully saturated rings. The molecule has 2 rings (SSSR count). The molecule has 1 aromatic heterocycles. The van der Waals surface area contributed by atoms with Gasteiger partial charge in [-0.15, -0.1) is 0 Å². The number of rotatable bonds is 16. The molecule has 214 valence electrons. The highest BCUT2D eigenvalue weighted by Crippen LogP contribution is 2.12. The number of phenols is 1. The largest absolute Gasteiger partial charge is 0.508 e. The van der Waals surface area contributed by atoms with Crippen molar-refractivity contribution in [3.05, 3.63) is 48.0 Å². The van der Waals surface area contributed by atoms with E-state index in [0.717, 1.165) is 0 Å². The van der Waals surface area contributed by atoms with Crippen LogP contribution in [-0.4, -0.2) is 85.8 Å². The van der Waals surface area contributed by atoms with E-state index in [2.05, 4.69) is 25.9 Å². The minimum Gasteiger partial charge on any atom is -0.508 e. The number of aromatic nitrogens is 2. The standard InChI is InChI=1S/C25H37N7O7/c1-14(33)21(27)24(37)31-19(10-15-5-7-17(34)8-6-15)23(36)30-18(4-2-3-9-26)22(35)32-20(25(38)39)11-16-12-28-13-29-16/h5-8,12-14,18-21,33-34H,2-4,9-11,26-27H2,1H3,(H,28,29)(H,30,36)(H,31,37)(H,32,35)(H,38,39). The third kappa shape index (κ3) is 10.3. The van der Waals surface area contributed by atoms with Crippen molar-refractivity contribution in [2.75, 3.05) is 6.54 Å². The molecule has 11 N–H and O–H groups in total. The van der Waals surface area contributed by atoms with E-state index in [-0.39, 0.29) is 25.0 Å². The van der Waals surface area contributed by atoms with Crippen LogP contribution in [0.3, 0.4) is 0 Å². The Labute approximate surface area is 225 Å². The lowest BCUT2D eigenvalue weighted by molar-refractivity contribution is -0.142. The number of amides is 3. The molecule has 5 unspecified atom stereocenters. The van der Waals surface area contributed by atoms with Crippen LogP contribution in [0.15, 0.2) is 36.8 Å². The second-order valence-corrected chi connectivity index (χ2v) is 9.22. The first-order chi connectivity index (χ1) is 18.5. The molecule has 0 saturated heterocycles. The summed E-state index contributed by atoms with van der Waals surface area (Å²) in [5.41, 5.74) is 12.4. The van der Waals surface area contributed by atoms with Gasteiger partial charge in [0.2, 0.25) is 17.7 Å². The summed E-state index contributed by atoms with van der Waals surface area (Å²) < 4.78 is 0. The average molecular weight is 548 g/mol. The van der Waals surface area contributed by atoms with E-state index in [1.165, 1.54) is 31.6 Å². The fourth-order valence-corrected chi connectivity index (χ4v) is 3.69. The molecular weight excluding hydrogens is 510 g/mol. The number of carbonyl (C=O) groups excluding carboxylic acids is 3. The molecule has 2 aromatic rings. The second kappa shape index (κ2) is 15.4. The Morgan fingerprint density at radius 2 is 1.56 bits per heavy atom. The SMILES string of the molecule is CC(O)C(N)C(=O)NC(Cc1ccc(O)cc1)C(=O)NC(CCCCN)C(=O)NC(Cc1cnc[nH]1)C(=O)O. The predicted octanol–water partition coefficient (Wildman–Crippen LogP) is -1.72. The van der Waals surface area contributed by atoms with Crippen molar-refractivity contribution in [2.45, 2.75) is 69.3 Å². The average Bonchev–Trinajstić information content (AvgIpc) is 3.41. The summed E-state index contributed by atoms with van der Waals surface area (Å²) in [6.45, 7) is 1.69. The van der Waals surface area contributed by atoms with Crippen molar-refractivity contribution >= 4 is 23.7 Å². The summed E-state index contributed by atoms with van der Waals surface area (Å²) in [5.74, 6) is -3.47. The molecular formula is C25H37N7O7. The van der Waals surface area contributed by atoms with Crippen molar-refractivity contribution in [1.29, 1.82) is 0 Å². The van der Waals surface area contributed by atoms with Crippen LogP contribution in [0.1, 0.15) is 37.4 Å². The number of hydrogen-bond donors (Lipinski definition) is 9. The van der Waals surface area contributed by atoms with Gasteiger partial charge in [-0.3, -0.25) is 14.4 Å². The number of nitrogens with one attached hydrogen (secondary N) is 4. The van der Waals surface area contributed by atoms with Gasteiger partial charge in [0.25, 0.3) is 0 Å². The van der Waals surface area contributed by atoms with Crippen LogP contribution >= 0.6 is 0 Å². The summed E-state index contributed by atoms with van der Waals surface area (Å²) in [5, 5.41) is 36.4. The van der Waals surface area contributed by atoms with E-state index in [4.69, 9.17) is 11.5 Å². The number of aliphatic carboxylic acids is 1. The Morgan fingerprint density at radius 1 is 0.949 bits per heavy atom. The van der Waals surface area contributed by atoms with Crippen molar-refractivity contribution in [3.63, 3.8) is 0 Å². The summed E-state index contributed by atoms with van der Waals surface area (Å²) in [7, 11) is 0. The molecule has 14 heteroatoms. The second-order valence-electron chi connectivity index (χ2n) is 9.22. The lowest BCUT2D eigenvalue weighted by atomic mass is 10.0. The lowest BCUT2D eigenvalue weighted by Crippen LogP contribution is -2.58. The Bertz CT molecular complexity index is 1080. The number of aromatic hydroxyl groups is 1. The molecule has 39 heavy (non-hydrogen) atoms. The van der Waals surface area contributed by atoms with Crippen molar-refractivity contribution < 1.29 is 34.5 Å². The number of carbonyl (C=O) groups is 4. The van der Waals surface area contributed by atoms with Gasteiger partial charge >= 0.3 is 5.97 Å². The number of carboxylic acids is 1. The number of nitrogens with two attached hydrogens (primary N) is 2. The van der Waals surface area contributed by atoms with E-state index in [9.17, 15) is 34.5 Å². The molecule has 1 heterocycles. The molecule has 0 aliphatic heterocycles. The van der Waals surface area contributed by atoms with Crippen LogP contribution in [0.5, 0.6) is 5.75 Å². The van der Waals surface area contributed by atoms with Gasteiger partial charge in [-0.1, -0.05) is 12.1 Å². The molecule has 3 amide bonds. The fourth-order valence-electron chi connectivity index (χ4n) is 3.69. The first kappa shape index (κ1) is 31.2. The number of H-pyrrole nitrogens is 1. The highest BCUT2D eigenvalue weighted by atomic mass is 16.4. The van der Waals surface area contributed by atoms with Crippen LogP contribution in [0.25, 0.3) is 0 Å². The van der Waals surface area contributed by atoms with Crippen molar-refractivity contribution in [3.8, 4) is 5.75 Å². The first-order valence-corrected chi connectivity index (χ1v) is 12.5. The maximum Gasteiger partial charge on any atom is 0.326 e. The number of benzene rings is 1. The van der Waals surface area contributed by atoms with E-state index < -0.39 is 54.0 Å². The van der Waals surface area contributed by atoms with Gasteiger partial charge in [0.15, 0.2) is 0 Å². The predicted molar refractivity (Wildman–Crippen MR) is 140 cm³/mol. The molecule has 0 aliphatic rings. The van der Waals surface area contributed by atoms with Gasteiger partial charge in [0.1, 0.15) is 29.9 Å². The zero-order valence-corrected chi connectivity index (χ0v) is 21.7. The van der Waals surface area contributed by atoms with Gasteiger partial charge in [0, 0.05) is 24.7 Å². The molecule has 0 saturated carbocycles. The quantitative estimate of drug-likeness (QED) is 0.108. The number of nitrogens with zero attached hydrogens (tertiary/aromatic N) is 1. The van der Waals surface area contributed by atoms with Crippen molar-refractivity contribution in [1.82, 2.24) is 25.9 Å². The van der Waals surface area contributed by atoms with Gasteiger partial charge in [-0.05, 0) is 50.4 Å². The van der Waals surface area contributed by atoms with Gasteiger partial charge in [0.05, 0.1) is 12.4 Å². The van der Waals surface area contributed by atoms with Crippen LogP contribution < -0.4 is 27.4 Å². The minimum atomic E-state index is -1.30. The Kier molecular flexibility index (Phi) is 12.3. The normalized spacial score (nSPS) is 14.9. The number of aromatic amines is 1. The summed E-state index contributed by atoms with van der Waals surface area (Å²) in [6.07, 6.45) is 2.77. The molecule has 0 radical (unpaired) electrons. The van der Waals surface area contributed by atoms with E-state index >= 15 is 0 Å². The lowest BCUT2D eigenvalue weighted by Gasteiger charge is -2.26. The van der Waals surface area contributed by atoms with Crippen molar-refractivity contribution in [2.24, 2.45) is 11.5 Å². The number of imidazole rings is 1. The number of carboxylic acid groups (broad SMARTS) is 1. The topological polar surface area (TPSA) is 246 Å². The van der Waals surface area contributed by atoms with Crippen LogP contribution in [0, 0.1) is 0 Å². The highest BCUT2D eigenvalue weighted by Gasteiger charge is 2.31. The van der Waals surface area contributed by atoms with Crippen LogP contribution in [-0.2, 0) is 32.0 Å². The molecule has 1 aromatic carbocycles. The number of aliphatic hydroxyl groups is 1. The number of hydrogen-bond acceptors (Lipinski definition) is 9. The Morgan fingerprint density at radius 3 is 2.13 bits per heavy atom. The van der Waals surface area contributed by atoms with E-state index in [1.54, 1.807) is 12.1 Å². The van der Waals surface area contributed by atoms with Gasteiger partial charge in [-0.2, -0.15) is 0 Å². The zero-order chi connectivity index (χ0) is 28.9. The maximum atomic E-state index is 13.4. The summed E-state index contributed by atoms with van der Waals surface area (Å²) in [6, 6.07) is 1.05. The zero-order valence-electron chi connectivity index (χ0n) is 21.7. The van der Waals surface area contributed by atoms with Gasteiger partial charge in [-0.25, -0.2) is 9.78 Å². The molecule has 14 nitrogen and oxygen atoms in total. The Hall–Kier alpha value is -4.01. The van der Waals surface area contributed by atoms with Gasteiger partial charge < -0.3 is 47.7 Å². The molecule has 0 aliphatic carbocycles. The molecule has 5 atom stereocenters. The maximum absolute atomic E-state index is 13.4. The third-order valence-electron chi connectivity index (χ3n) is 6.00. The summed E-state index contributed by atoms with van der Waals surface area (Å²) >= 11 is 0.